The van der Waals surface area contributed by atoms with Crippen molar-refractivity contribution in [2.24, 2.45) is 0 Å². The van der Waals surface area contributed by atoms with Crippen molar-refractivity contribution in [1.82, 2.24) is 9.97 Å². The number of thioether (sulfide) groups is 1. The first-order valence-corrected chi connectivity index (χ1v) is 9.08. The van der Waals surface area contributed by atoms with Gasteiger partial charge in [-0.15, -0.1) is 0 Å². The highest BCUT2D eigenvalue weighted by Crippen LogP contribution is 2.23. The fourth-order valence-corrected chi connectivity index (χ4v) is 3.62. The minimum absolute atomic E-state index is 0.0614. The predicted molar refractivity (Wildman–Crippen MR) is 96.6 cm³/mol. The molecule has 0 unspecified atom stereocenters. The molecular weight excluding hydrogens is 322 g/mol. The maximum absolute atomic E-state index is 12.4. The molecule has 1 amide bonds. The molecule has 1 heterocycles. The van der Waals surface area contributed by atoms with E-state index < -0.39 is 0 Å². The zero-order valence-electron chi connectivity index (χ0n) is 13.9. The number of anilines is 1. The van der Waals surface area contributed by atoms with Gasteiger partial charge in [-0.25, -0.2) is 4.98 Å². The summed E-state index contributed by atoms with van der Waals surface area (Å²) in [6.45, 7) is 3.77. The molecule has 0 radical (unpaired) electrons. The average molecular weight is 343 g/mol. The van der Waals surface area contributed by atoms with Gasteiger partial charge in [-0.05, 0) is 51.2 Å². The van der Waals surface area contributed by atoms with Gasteiger partial charge in [0.05, 0.1) is 10.9 Å². The topological polar surface area (TPSA) is 74.8 Å². The summed E-state index contributed by atoms with van der Waals surface area (Å²) in [5.41, 5.74) is 3.46. The van der Waals surface area contributed by atoms with Crippen LogP contribution < -0.4 is 10.9 Å². The number of aromatic amines is 1. The second kappa shape index (κ2) is 7.21. The fourth-order valence-electron chi connectivity index (χ4n) is 2.80. The molecule has 0 saturated heterocycles. The molecular formula is C18H21N3O2S. The Balaban J connectivity index is 1.71. The summed E-state index contributed by atoms with van der Waals surface area (Å²) >= 11 is 1.29. The van der Waals surface area contributed by atoms with Gasteiger partial charge in [-0.2, -0.15) is 0 Å². The third-order valence-electron chi connectivity index (χ3n) is 4.23. The molecule has 1 aliphatic carbocycles. The van der Waals surface area contributed by atoms with E-state index in [1.165, 1.54) is 11.8 Å². The van der Waals surface area contributed by atoms with Crippen LogP contribution in [0.2, 0.25) is 0 Å². The minimum Gasteiger partial charge on any atom is -0.325 e. The normalized spacial score (nSPS) is 14.8. The standard InChI is InChI=1S/C18H21N3O2S/c1-11-7-3-5-9-14(11)19-16(22)12(2)24-18-20-15-10-6-4-8-13(15)17(23)21-18/h3,5,7,9,12H,4,6,8,10H2,1-2H3,(H,19,22)(H,20,21,23)/t12-/m0/s1. The van der Waals surface area contributed by atoms with Crippen LogP contribution in [0.5, 0.6) is 0 Å². The average Bonchev–Trinajstić information content (AvgIpc) is 2.57. The second-order valence-corrected chi connectivity index (χ2v) is 7.40. The summed E-state index contributed by atoms with van der Waals surface area (Å²) in [6, 6.07) is 7.66. The van der Waals surface area contributed by atoms with Crippen LogP contribution in [0.1, 0.15) is 36.6 Å². The molecule has 0 bridgehead atoms. The molecule has 24 heavy (non-hydrogen) atoms. The number of rotatable bonds is 4. The number of aryl methyl sites for hydroxylation is 2. The summed E-state index contributed by atoms with van der Waals surface area (Å²) < 4.78 is 0. The number of carbonyl (C=O) groups excluding carboxylic acids is 1. The quantitative estimate of drug-likeness (QED) is 0.661. The molecule has 0 saturated carbocycles. The molecule has 6 heteroatoms. The Morgan fingerprint density at radius 1 is 1.29 bits per heavy atom. The van der Waals surface area contributed by atoms with Crippen molar-refractivity contribution in [3.8, 4) is 0 Å². The van der Waals surface area contributed by atoms with E-state index in [1.807, 2.05) is 38.1 Å². The molecule has 0 aliphatic heterocycles. The Hall–Kier alpha value is -2.08. The van der Waals surface area contributed by atoms with Gasteiger partial charge in [-0.3, -0.25) is 9.59 Å². The number of para-hydroxylation sites is 1. The van der Waals surface area contributed by atoms with Crippen molar-refractivity contribution in [3.05, 3.63) is 51.4 Å². The number of fused-ring (bicyclic) bond motifs is 1. The van der Waals surface area contributed by atoms with E-state index in [9.17, 15) is 9.59 Å². The summed E-state index contributed by atoms with van der Waals surface area (Å²) in [6.07, 6.45) is 3.75. The smallest absolute Gasteiger partial charge is 0.254 e. The van der Waals surface area contributed by atoms with Gasteiger partial charge in [-0.1, -0.05) is 30.0 Å². The second-order valence-electron chi connectivity index (χ2n) is 6.07. The highest BCUT2D eigenvalue weighted by Gasteiger charge is 2.20. The molecule has 3 rings (SSSR count). The van der Waals surface area contributed by atoms with Gasteiger partial charge < -0.3 is 10.3 Å². The maximum Gasteiger partial charge on any atom is 0.254 e. The van der Waals surface area contributed by atoms with Gasteiger partial charge in [0.15, 0.2) is 5.16 Å². The van der Waals surface area contributed by atoms with Gasteiger partial charge >= 0.3 is 0 Å². The summed E-state index contributed by atoms with van der Waals surface area (Å²) in [7, 11) is 0. The lowest BCUT2D eigenvalue weighted by Crippen LogP contribution is -2.25. The van der Waals surface area contributed by atoms with Crippen LogP contribution in [0.3, 0.4) is 0 Å². The van der Waals surface area contributed by atoms with Crippen LogP contribution in [0.25, 0.3) is 0 Å². The first-order valence-electron chi connectivity index (χ1n) is 8.20. The lowest BCUT2D eigenvalue weighted by Gasteiger charge is -2.16. The lowest BCUT2D eigenvalue weighted by atomic mass is 9.97. The highest BCUT2D eigenvalue weighted by atomic mass is 32.2. The number of nitrogens with zero attached hydrogens (tertiary/aromatic N) is 1. The molecule has 5 nitrogen and oxygen atoms in total. The maximum atomic E-state index is 12.4. The van der Waals surface area contributed by atoms with Crippen molar-refractivity contribution < 1.29 is 4.79 Å². The number of amides is 1. The molecule has 1 atom stereocenters. The molecule has 0 spiro atoms. The predicted octanol–water partition coefficient (Wildman–Crippen LogP) is 3.08. The number of benzene rings is 1. The molecule has 1 aromatic heterocycles. The summed E-state index contributed by atoms with van der Waals surface area (Å²) in [5.74, 6) is -0.102. The van der Waals surface area contributed by atoms with Crippen LogP contribution in [0.4, 0.5) is 5.69 Å². The Morgan fingerprint density at radius 2 is 2.04 bits per heavy atom. The summed E-state index contributed by atoms with van der Waals surface area (Å²) in [4.78, 5) is 31.9. The third-order valence-corrected chi connectivity index (χ3v) is 5.21. The van der Waals surface area contributed by atoms with E-state index in [1.54, 1.807) is 0 Å². The van der Waals surface area contributed by atoms with E-state index in [0.717, 1.165) is 48.2 Å². The largest absolute Gasteiger partial charge is 0.325 e. The fraction of sp³-hybridized carbons (Fsp3) is 0.389. The Bertz CT molecular complexity index is 816. The zero-order chi connectivity index (χ0) is 17.1. The van der Waals surface area contributed by atoms with Crippen LogP contribution in [0.15, 0.2) is 34.2 Å². The van der Waals surface area contributed by atoms with Gasteiger partial charge in [0.1, 0.15) is 0 Å². The first-order chi connectivity index (χ1) is 11.5. The van der Waals surface area contributed by atoms with E-state index in [2.05, 4.69) is 15.3 Å². The van der Waals surface area contributed by atoms with E-state index >= 15 is 0 Å². The lowest BCUT2D eigenvalue weighted by molar-refractivity contribution is -0.115. The number of aromatic nitrogens is 2. The van der Waals surface area contributed by atoms with E-state index in [-0.39, 0.29) is 16.7 Å². The van der Waals surface area contributed by atoms with Crippen LogP contribution >= 0.6 is 11.8 Å². The van der Waals surface area contributed by atoms with Crippen LogP contribution in [-0.4, -0.2) is 21.1 Å². The van der Waals surface area contributed by atoms with Crippen molar-refractivity contribution in [2.75, 3.05) is 5.32 Å². The van der Waals surface area contributed by atoms with Gasteiger partial charge in [0, 0.05) is 11.3 Å². The van der Waals surface area contributed by atoms with Gasteiger partial charge in [0.25, 0.3) is 5.56 Å². The van der Waals surface area contributed by atoms with Crippen LogP contribution in [-0.2, 0) is 17.6 Å². The monoisotopic (exact) mass is 343 g/mol. The SMILES string of the molecule is Cc1ccccc1NC(=O)[C@H](C)Sc1nc2c(c(=O)[nH]1)CCCC2. The Morgan fingerprint density at radius 3 is 2.83 bits per heavy atom. The third kappa shape index (κ3) is 3.70. The van der Waals surface area contributed by atoms with E-state index in [0.29, 0.717) is 5.16 Å². The Labute approximate surface area is 145 Å². The van der Waals surface area contributed by atoms with Crippen molar-refractivity contribution in [3.63, 3.8) is 0 Å². The molecule has 2 aromatic rings. The molecule has 126 valence electrons. The molecule has 2 N–H and O–H groups in total. The zero-order valence-corrected chi connectivity index (χ0v) is 14.7. The van der Waals surface area contributed by atoms with Crippen molar-refractivity contribution >= 4 is 23.4 Å². The molecule has 1 aliphatic rings. The molecule has 0 fully saturated rings. The number of hydrogen-bond acceptors (Lipinski definition) is 4. The van der Waals surface area contributed by atoms with Crippen molar-refractivity contribution in [1.29, 1.82) is 0 Å². The Kier molecular flexibility index (Phi) is 5.04. The number of hydrogen-bond donors (Lipinski definition) is 2. The van der Waals surface area contributed by atoms with Gasteiger partial charge in [0.2, 0.25) is 5.91 Å². The molecule has 1 aromatic carbocycles. The van der Waals surface area contributed by atoms with E-state index in [4.69, 9.17) is 0 Å². The first kappa shape index (κ1) is 16.8. The summed E-state index contributed by atoms with van der Waals surface area (Å²) in [5, 5.41) is 3.10. The highest BCUT2D eigenvalue weighted by molar-refractivity contribution is 8.00. The number of nitrogens with one attached hydrogen (secondary N) is 2. The number of carbonyl (C=O) groups is 1. The minimum atomic E-state index is -0.352. The van der Waals surface area contributed by atoms with Crippen LogP contribution in [0, 0.1) is 6.92 Å². The van der Waals surface area contributed by atoms with Crippen molar-refractivity contribution in [2.45, 2.75) is 49.9 Å². The number of H-pyrrole nitrogens is 1.